The van der Waals surface area contributed by atoms with E-state index >= 15 is 0 Å². The molecule has 0 aromatic carbocycles. The molecule has 114 valence electrons. The van der Waals surface area contributed by atoms with Gasteiger partial charge in [0.25, 0.3) is 0 Å². The van der Waals surface area contributed by atoms with Crippen molar-refractivity contribution < 1.29 is 28.6 Å². The normalized spacial score (nSPS) is 50.7. The van der Waals surface area contributed by atoms with Crippen LogP contribution in [0.1, 0.15) is 0 Å². The van der Waals surface area contributed by atoms with E-state index in [0.29, 0.717) is 0 Å². The summed E-state index contributed by atoms with van der Waals surface area (Å²) >= 11 is 0. The Labute approximate surface area is 122 Å². The van der Waals surface area contributed by atoms with Crippen LogP contribution in [0.15, 0.2) is 0 Å². The van der Waals surface area contributed by atoms with Gasteiger partial charge in [-0.15, -0.1) is 0 Å². The first-order valence-electron chi connectivity index (χ1n) is 7.32. The van der Waals surface area contributed by atoms with Gasteiger partial charge in [0.05, 0.1) is 39.1 Å². The minimum atomic E-state index is -0.213. The zero-order valence-corrected chi connectivity index (χ0v) is 12.1. The highest BCUT2D eigenvalue weighted by molar-refractivity contribution is 5.84. The van der Waals surface area contributed by atoms with E-state index in [1.807, 2.05) is 0 Å². The average molecular weight is 294 g/mol. The van der Waals surface area contributed by atoms with Crippen molar-refractivity contribution in [2.45, 2.75) is 0 Å². The third-order valence-corrected chi connectivity index (χ3v) is 6.15. The van der Waals surface area contributed by atoms with Gasteiger partial charge in [0, 0.05) is 0 Å². The maximum absolute atomic E-state index is 11.9. The van der Waals surface area contributed by atoms with Crippen LogP contribution in [0.2, 0.25) is 0 Å². The van der Waals surface area contributed by atoms with Crippen LogP contribution in [0.25, 0.3) is 0 Å². The quantitative estimate of drug-likeness (QED) is 0.543. The van der Waals surface area contributed by atoms with Crippen molar-refractivity contribution in [3.63, 3.8) is 0 Å². The number of carbonyl (C=O) groups is 3. The van der Waals surface area contributed by atoms with E-state index in [4.69, 9.17) is 14.2 Å². The summed E-state index contributed by atoms with van der Waals surface area (Å²) in [5, 5.41) is 0. The predicted molar refractivity (Wildman–Crippen MR) is 67.5 cm³/mol. The lowest BCUT2D eigenvalue weighted by Gasteiger charge is -2.02. The molecule has 0 atom stereocenters. The molecule has 0 spiro atoms. The molecule has 4 aliphatic carbocycles. The van der Waals surface area contributed by atoms with Gasteiger partial charge in [0.15, 0.2) is 0 Å². The molecule has 6 nitrogen and oxygen atoms in total. The molecule has 4 rings (SSSR count). The second-order valence-electron chi connectivity index (χ2n) is 6.61. The van der Waals surface area contributed by atoms with E-state index in [9.17, 15) is 14.4 Å². The molecule has 0 amide bonds. The SMILES string of the molecule is COC(=O)C1C2C3C(C(=O)OC)C3C3C(C(=O)OC)C3C12. The molecule has 4 aliphatic rings. The number of rotatable bonds is 3. The summed E-state index contributed by atoms with van der Waals surface area (Å²) in [5.41, 5.74) is 0. The van der Waals surface area contributed by atoms with Crippen molar-refractivity contribution in [3.05, 3.63) is 0 Å². The minimum absolute atomic E-state index is 0.151. The monoisotopic (exact) mass is 294 g/mol. The number of carbonyl (C=O) groups excluding carboxylic acids is 3. The molecule has 0 radical (unpaired) electrons. The minimum Gasteiger partial charge on any atom is -0.469 e. The maximum Gasteiger partial charge on any atom is 0.309 e. The van der Waals surface area contributed by atoms with Crippen molar-refractivity contribution in [2.75, 3.05) is 21.3 Å². The molecule has 6 heteroatoms. The fourth-order valence-corrected chi connectivity index (χ4v) is 5.40. The first-order chi connectivity index (χ1) is 10.1. The molecular weight excluding hydrogens is 276 g/mol. The van der Waals surface area contributed by atoms with Crippen LogP contribution in [-0.4, -0.2) is 39.2 Å². The largest absolute Gasteiger partial charge is 0.469 e. The van der Waals surface area contributed by atoms with Crippen LogP contribution in [0.5, 0.6) is 0 Å². The molecule has 0 aromatic rings. The smallest absolute Gasteiger partial charge is 0.309 e. The molecule has 0 unspecified atom stereocenters. The Hall–Kier alpha value is -1.59. The topological polar surface area (TPSA) is 78.9 Å². The highest BCUT2D eigenvalue weighted by Gasteiger charge is 2.86. The number of ether oxygens (including phenoxy) is 3. The molecule has 0 heterocycles. The van der Waals surface area contributed by atoms with Crippen molar-refractivity contribution in [3.8, 4) is 0 Å². The molecule has 0 aromatic heterocycles. The standard InChI is InChI=1S/C15H18O6/c1-19-13(16)10-4-5(10)7-9(12(7)15(18)21-3)8-6(4)11(8)14(17)20-2/h4-12H,1-3H3. The summed E-state index contributed by atoms with van der Waals surface area (Å²) in [5.74, 6) is 0.00599. The fraction of sp³-hybridized carbons (Fsp3) is 0.800. The number of hydrogen-bond donors (Lipinski definition) is 0. The zero-order valence-electron chi connectivity index (χ0n) is 12.1. The summed E-state index contributed by atoms with van der Waals surface area (Å²) in [7, 11) is 4.16. The first kappa shape index (κ1) is 13.1. The van der Waals surface area contributed by atoms with E-state index in [0.717, 1.165) is 0 Å². The molecule has 0 N–H and O–H groups in total. The van der Waals surface area contributed by atoms with Gasteiger partial charge in [-0.2, -0.15) is 0 Å². The Balaban J connectivity index is 1.61. The van der Waals surface area contributed by atoms with Crippen molar-refractivity contribution >= 4 is 17.9 Å². The highest BCUT2D eigenvalue weighted by atomic mass is 16.5. The van der Waals surface area contributed by atoms with Gasteiger partial charge in [-0.05, 0) is 35.5 Å². The maximum atomic E-state index is 11.9. The molecule has 0 saturated heterocycles. The van der Waals surface area contributed by atoms with Gasteiger partial charge in [-0.1, -0.05) is 0 Å². The van der Waals surface area contributed by atoms with Crippen LogP contribution in [0, 0.1) is 53.3 Å². The van der Waals surface area contributed by atoms with Crippen LogP contribution in [0.4, 0.5) is 0 Å². The summed E-state index contributed by atoms with van der Waals surface area (Å²) in [6.45, 7) is 0. The van der Waals surface area contributed by atoms with Crippen LogP contribution < -0.4 is 0 Å². The number of esters is 3. The lowest BCUT2D eigenvalue weighted by Crippen LogP contribution is -2.09. The van der Waals surface area contributed by atoms with E-state index in [1.54, 1.807) is 0 Å². The Morgan fingerprint density at radius 1 is 0.524 bits per heavy atom. The number of hydrogen-bond acceptors (Lipinski definition) is 6. The number of fused-ring (bicyclic) bond motifs is 6. The van der Waals surface area contributed by atoms with Crippen molar-refractivity contribution in [1.82, 2.24) is 0 Å². The van der Waals surface area contributed by atoms with Crippen LogP contribution in [-0.2, 0) is 28.6 Å². The van der Waals surface area contributed by atoms with Gasteiger partial charge in [-0.25, -0.2) is 0 Å². The highest BCUT2D eigenvalue weighted by Crippen LogP contribution is 2.83. The molecule has 21 heavy (non-hydrogen) atoms. The summed E-state index contributed by atoms with van der Waals surface area (Å²) in [6, 6.07) is 0. The van der Waals surface area contributed by atoms with Crippen LogP contribution in [0.3, 0.4) is 0 Å². The van der Waals surface area contributed by atoms with Gasteiger partial charge in [0.1, 0.15) is 0 Å². The van der Waals surface area contributed by atoms with Gasteiger partial charge in [0.2, 0.25) is 0 Å². The average Bonchev–Trinajstić information content (AvgIpc) is 3.33. The predicted octanol–water partition coefficient (Wildman–Crippen LogP) is 0.106. The Kier molecular flexibility index (Phi) is 2.49. The van der Waals surface area contributed by atoms with Gasteiger partial charge in [-0.3, -0.25) is 14.4 Å². The van der Waals surface area contributed by atoms with E-state index in [-0.39, 0.29) is 71.2 Å². The molecule has 0 aliphatic heterocycles. The van der Waals surface area contributed by atoms with Gasteiger partial charge >= 0.3 is 17.9 Å². The Bertz CT molecular complexity index is 430. The lowest BCUT2D eigenvalue weighted by molar-refractivity contribution is -0.144. The lowest BCUT2D eigenvalue weighted by atomic mass is 10.0. The summed E-state index contributed by atoms with van der Waals surface area (Å²) in [6.07, 6.45) is 0. The zero-order chi connectivity index (χ0) is 15.0. The van der Waals surface area contributed by atoms with E-state index in [1.165, 1.54) is 21.3 Å². The summed E-state index contributed by atoms with van der Waals surface area (Å²) in [4.78, 5) is 35.7. The van der Waals surface area contributed by atoms with E-state index in [2.05, 4.69) is 0 Å². The van der Waals surface area contributed by atoms with Gasteiger partial charge < -0.3 is 14.2 Å². The number of methoxy groups -OCH3 is 3. The third-order valence-electron chi connectivity index (χ3n) is 6.15. The van der Waals surface area contributed by atoms with Crippen molar-refractivity contribution in [1.29, 1.82) is 0 Å². The molecule has 4 fully saturated rings. The molecule has 0 bridgehead atoms. The summed E-state index contributed by atoms with van der Waals surface area (Å²) < 4.78 is 14.6. The molecular formula is C15H18O6. The Morgan fingerprint density at radius 2 is 0.714 bits per heavy atom. The van der Waals surface area contributed by atoms with Crippen LogP contribution >= 0.6 is 0 Å². The molecule has 4 saturated carbocycles. The Morgan fingerprint density at radius 3 is 0.857 bits per heavy atom. The van der Waals surface area contributed by atoms with E-state index < -0.39 is 0 Å². The second kappa shape index (κ2) is 3.99. The first-order valence-corrected chi connectivity index (χ1v) is 7.32. The fourth-order valence-electron chi connectivity index (χ4n) is 5.40. The second-order valence-corrected chi connectivity index (χ2v) is 6.61. The van der Waals surface area contributed by atoms with Crippen molar-refractivity contribution in [2.24, 2.45) is 53.3 Å². The third kappa shape index (κ3) is 1.45.